The van der Waals surface area contributed by atoms with Gasteiger partial charge in [0.15, 0.2) is 0 Å². The predicted molar refractivity (Wildman–Crippen MR) is 73.2 cm³/mol. The molecule has 0 fully saturated rings. The van der Waals surface area contributed by atoms with Gasteiger partial charge in [0.2, 0.25) is 0 Å². The van der Waals surface area contributed by atoms with Crippen LogP contribution in [0.5, 0.6) is 5.75 Å². The van der Waals surface area contributed by atoms with E-state index in [1.54, 1.807) is 13.3 Å². The molecule has 0 amide bonds. The minimum atomic E-state index is 0.438. The minimum absolute atomic E-state index is 0.438. The first-order chi connectivity index (χ1) is 8.76. The van der Waals surface area contributed by atoms with Gasteiger partial charge in [-0.1, -0.05) is 12.1 Å². The molecule has 0 unspecified atom stereocenters. The minimum Gasteiger partial charge on any atom is -0.495 e. The number of methoxy groups -OCH3 is 1. The fraction of sp³-hybridized carbons (Fsp3) is 0.214. The van der Waals surface area contributed by atoms with Crippen LogP contribution in [0.3, 0.4) is 0 Å². The van der Waals surface area contributed by atoms with Crippen LogP contribution in [0, 0.1) is 0 Å². The van der Waals surface area contributed by atoms with E-state index < -0.39 is 0 Å². The quantitative estimate of drug-likeness (QED) is 0.895. The molecule has 0 bridgehead atoms. The van der Waals surface area contributed by atoms with Crippen LogP contribution in [0.25, 0.3) is 0 Å². The van der Waals surface area contributed by atoms with E-state index in [4.69, 9.17) is 10.5 Å². The summed E-state index contributed by atoms with van der Waals surface area (Å²) in [6.07, 6.45) is 1.77. The fourth-order valence-corrected chi connectivity index (χ4v) is 1.83. The molecule has 0 saturated heterocycles. The zero-order valence-corrected chi connectivity index (χ0v) is 10.6. The first kappa shape index (κ1) is 12.4. The van der Waals surface area contributed by atoms with E-state index in [1.165, 1.54) is 0 Å². The van der Waals surface area contributed by atoms with Crippen molar-refractivity contribution >= 4 is 11.4 Å². The molecule has 1 aromatic heterocycles. The van der Waals surface area contributed by atoms with E-state index in [0.717, 1.165) is 22.8 Å². The summed E-state index contributed by atoms with van der Waals surface area (Å²) in [6, 6.07) is 11.8. The van der Waals surface area contributed by atoms with Crippen molar-refractivity contribution in [1.82, 2.24) is 4.98 Å². The second-order valence-corrected chi connectivity index (χ2v) is 3.94. The molecule has 2 N–H and O–H groups in total. The third-order valence-electron chi connectivity index (χ3n) is 2.84. The second kappa shape index (κ2) is 5.51. The lowest BCUT2D eigenvalue weighted by Crippen LogP contribution is -2.12. The molecule has 0 radical (unpaired) electrons. The smallest absolute Gasteiger partial charge is 0.142 e. The number of benzene rings is 1. The monoisotopic (exact) mass is 243 g/mol. The maximum atomic E-state index is 5.61. The molecule has 0 aliphatic carbocycles. The van der Waals surface area contributed by atoms with Crippen LogP contribution < -0.4 is 15.4 Å². The maximum Gasteiger partial charge on any atom is 0.142 e. The number of hydrogen-bond donors (Lipinski definition) is 1. The average Bonchev–Trinajstić information content (AvgIpc) is 2.46. The summed E-state index contributed by atoms with van der Waals surface area (Å²) in [6.45, 7) is 0.438. The van der Waals surface area contributed by atoms with E-state index in [-0.39, 0.29) is 0 Å². The Kier molecular flexibility index (Phi) is 3.79. The van der Waals surface area contributed by atoms with Crippen LogP contribution in [0.15, 0.2) is 42.6 Å². The van der Waals surface area contributed by atoms with Crippen molar-refractivity contribution in [3.05, 3.63) is 48.3 Å². The first-order valence-corrected chi connectivity index (χ1v) is 5.78. The third kappa shape index (κ3) is 2.43. The first-order valence-electron chi connectivity index (χ1n) is 5.78. The zero-order valence-electron chi connectivity index (χ0n) is 10.6. The average molecular weight is 243 g/mol. The molecule has 94 valence electrons. The Balaban J connectivity index is 2.37. The highest BCUT2D eigenvalue weighted by Crippen LogP contribution is 2.31. The Bertz CT molecular complexity index is 528. The Morgan fingerprint density at radius 1 is 1.28 bits per heavy atom. The van der Waals surface area contributed by atoms with Gasteiger partial charge < -0.3 is 15.4 Å². The fourth-order valence-electron chi connectivity index (χ4n) is 1.83. The molecule has 1 aromatic carbocycles. The van der Waals surface area contributed by atoms with E-state index in [2.05, 4.69) is 9.88 Å². The van der Waals surface area contributed by atoms with Crippen molar-refractivity contribution in [2.24, 2.45) is 5.73 Å². The van der Waals surface area contributed by atoms with Gasteiger partial charge in [-0.05, 0) is 24.3 Å². The number of hydrogen-bond acceptors (Lipinski definition) is 4. The summed E-state index contributed by atoms with van der Waals surface area (Å²) in [5.74, 6) is 0.839. The van der Waals surface area contributed by atoms with Crippen molar-refractivity contribution in [3.8, 4) is 5.75 Å². The number of rotatable bonds is 4. The Morgan fingerprint density at radius 3 is 2.78 bits per heavy atom. The SMILES string of the molecule is COc1ccccc1N(C)c1ccnc(CN)c1. The summed E-state index contributed by atoms with van der Waals surface area (Å²) in [5, 5.41) is 0. The number of para-hydroxylation sites is 2. The number of nitrogens with zero attached hydrogens (tertiary/aromatic N) is 2. The van der Waals surface area contributed by atoms with Crippen LogP contribution in [-0.4, -0.2) is 19.1 Å². The standard InChI is InChI=1S/C14H17N3O/c1-17(12-7-8-16-11(9-12)10-15)13-5-3-4-6-14(13)18-2/h3-9H,10,15H2,1-2H3. The molecular formula is C14H17N3O. The summed E-state index contributed by atoms with van der Waals surface area (Å²) in [7, 11) is 3.66. The number of nitrogens with two attached hydrogens (primary N) is 1. The molecule has 0 aliphatic rings. The lowest BCUT2D eigenvalue weighted by atomic mass is 10.2. The lowest BCUT2D eigenvalue weighted by molar-refractivity contribution is 0.415. The highest BCUT2D eigenvalue weighted by molar-refractivity contribution is 5.68. The van der Waals surface area contributed by atoms with Gasteiger partial charge in [-0.25, -0.2) is 0 Å². The Labute approximate surface area is 107 Å². The summed E-state index contributed by atoms with van der Waals surface area (Å²) < 4.78 is 5.36. The molecule has 1 heterocycles. The number of anilines is 2. The van der Waals surface area contributed by atoms with E-state index in [1.807, 2.05) is 43.4 Å². The van der Waals surface area contributed by atoms with Gasteiger partial charge in [-0.2, -0.15) is 0 Å². The van der Waals surface area contributed by atoms with Crippen LogP contribution in [0.2, 0.25) is 0 Å². The van der Waals surface area contributed by atoms with Crippen molar-refractivity contribution in [1.29, 1.82) is 0 Å². The maximum absolute atomic E-state index is 5.61. The molecule has 0 atom stereocenters. The summed E-state index contributed by atoms with van der Waals surface area (Å²) >= 11 is 0. The summed E-state index contributed by atoms with van der Waals surface area (Å²) in [4.78, 5) is 6.25. The normalized spacial score (nSPS) is 10.2. The van der Waals surface area contributed by atoms with Gasteiger partial charge in [0, 0.05) is 25.5 Å². The molecule has 4 nitrogen and oxygen atoms in total. The van der Waals surface area contributed by atoms with Gasteiger partial charge in [0.1, 0.15) is 5.75 Å². The van der Waals surface area contributed by atoms with Crippen molar-refractivity contribution in [2.45, 2.75) is 6.54 Å². The van der Waals surface area contributed by atoms with E-state index >= 15 is 0 Å². The molecule has 2 aromatic rings. The second-order valence-electron chi connectivity index (χ2n) is 3.94. The topological polar surface area (TPSA) is 51.4 Å². The van der Waals surface area contributed by atoms with Gasteiger partial charge >= 0.3 is 0 Å². The molecule has 18 heavy (non-hydrogen) atoms. The van der Waals surface area contributed by atoms with Crippen LogP contribution in [-0.2, 0) is 6.54 Å². The van der Waals surface area contributed by atoms with Gasteiger partial charge in [-0.3, -0.25) is 4.98 Å². The van der Waals surface area contributed by atoms with Crippen molar-refractivity contribution in [2.75, 3.05) is 19.1 Å². The molecule has 0 spiro atoms. The van der Waals surface area contributed by atoms with E-state index in [0.29, 0.717) is 6.54 Å². The zero-order chi connectivity index (χ0) is 13.0. The number of ether oxygens (including phenoxy) is 1. The molecule has 2 rings (SSSR count). The van der Waals surface area contributed by atoms with Gasteiger partial charge in [0.25, 0.3) is 0 Å². The highest BCUT2D eigenvalue weighted by Gasteiger charge is 2.09. The van der Waals surface area contributed by atoms with E-state index in [9.17, 15) is 0 Å². The van der Waals surface area contributed by atoms with Crippen LogP contribution in [0.1, 0.15) is 5.69 Å². The van der Waals surface area contributed by atoms with Crippen LogP contribution in [0.4, 0.5) is 11.4 Å². The predicted octanol–water partition coefficient (Wildman–Crippen LogP) is 2.32. The highest BCUT2D eigenvalue weighted by atomic mass is 16.5. The molecule has 0 saturated carbocycles. The molecular weight excluding hydrogens is 226 g/mol. The lowest BCUT2D eigenvalue weighted by Gasteiger charge is -2.22. The van der Waals surface area contributed by atoms with Crippen molar-refractivity contribution < 1.29 is 4.74 Å². The van der Waals surface area contributed by atoms with Crippen molar-refractivity contribution in [3.63, 3.8) is 0 Å². The van der Waals surface area contributed by atoms with Gasteiger partial charge in [0.05, 0.1) is 18.5 Å². The Morgan fingerprint density at radius 2 is 2.06 bits per heavy atom. The molecule has 4 heteroatoms. The summed E-state index contributed by atoms with van der Waals surface area (Å²) in [5.41, 5.74) is 8.52. The molecule has 0 aliphatic heterocycles. The third-order valence-corrected chi connectivity index (χ3v) is 2.84. The largest absolute Gasteiger partial charge is 0.495 e. The van der Waals surface area contributed by atoms with Gasteiger partial charge in [-0.15, -0.1) is 0 Å². The number of pyridine rings is 1. The number of aromatic nitrogens is 1. The Hall–Kier alpha value is -2.07. The van der Waals surface area contributed by atoms with Crippen LogP contribution >= 0.6 is 0 Å².